The summed E-state index contributed by atoms with van der Waals surface area (Å²) in [5.74, 6) is 2.64. The number of nitrogens with zero attached hydrogens (tertiary/aromatic N) is 2. The number of rotatable bonds is 11. The minimum absolute atomic E-state index is 0.0733. The summed E-state index contributed by atoms with van der Waals surface area (Å²) in [4.78, 5) is 44.8. The van der Waals surface area contributed by atoms with E-state index in [2.05, 4.69) is 27.7 Å². The Morgan fingerprint density at radius 2 is 1.65 bits per heavy atom. The van der Waals surface area contributed by atoms with Gasteiger partial charge in [-0.25, -0.2) is 4.79 Å². The second kappa shape index (κ2) is 17.1. The number of nitrogens with one attached hydrogen (secondary N) is 2. The van der Waals surface area contributed by atoms with Crippen molar-refractivity contribution < 1.29 is 24.2 Å². The molecule has 2 aliphatic heterocycles. The predicted molar refractivity (Wildman–Crippen MR) is 196 cm³/mol. The van der Waals surface area contributed by atoms with E-state index in [0.29, 0.717) is 23.3 Å². The molecule has 3 aliphatic rings. The lowest BCUT2D eigenvalue weighted by molar-refractivity contribution is -0.126. The summed E-state index contributed by atoms with van der Waals surface area (Å²) in [7, 11) is 0. The van der Waals surface area contributed by atoms with Crippen LogP contribution in [0.1, 0.15) is 76.1 Å². The lowest BCUT2D eigenvalue weighted by Crippen LogP contribution is -2.60. The van der Waals surface area contributed by atoms with Crippen molar-refractivity contribution in [2.24, 2.45) is 11.8 Å². The number of hydrogen-bond acceptors (Lipinski definition) is 8. The molecule has 0 radical (unpaired) electrons. The van der Waals surface area contributed by atoms with Gasteiger partial charge < -0.3 is 25.4 Å². The highest BCUT2D eigenvalue weighted by molar-refractivity contribution is 7.99. The monoisotopic (exact) mass is 696 g/mol. The Kier molecular flexibility index (Phi) is 12.9. The van der Waals surface area contributed by atoms with Crippen LogP contribution in [0.25, 0.3) is 0 Å². The van der Waals surface area contributed by atoms with Crippen LogP contribution in [0.15, 0.2) is 54.6 Å². The molecule has 0 bridgehead atoms. The van der Waals surface area contributed by atoms with E-state index >= 15 is 0 Å². The first-order valence-electron chi connectivity index (χ1n) is 17.4. The molecule has 2 saturated heterocycles. The second-order valence-corrected chi connectivity index (χ2v) is 16.4. The first-order valence-corrected chi connectivity index (χ1v) is 19.7. The van der Waals surface area contributed by atoms with Gasteiger partial charge in [0.2, 0.25) is 5.91 Å². The topological polar surface area (TPSA) is 111 Å². The molecular formula is C37H52N4O5S2. The number of aromatic hydroxyl groups is 1. The highest BCUT2D eigenvalue weighted by Gasteiger charge is 2.41. The van der Waals surface area contributed by atoms with Gasteiger partial charge in [0.15, 0.2) is 0 Å². The van der Waals surface area contributed by atoms with Crippen LogP contribution in [0.4, 0.5) is 10.5 Å². The smallest absolute Gasteiger partial charge is 0.411 e. The van der Waals surface area contributed by atoms with E-state index in [-0.39, 0.29) is 41.1 Å². The number of hydrogen-bond donors (Lipinski definition) is 3. The molecule has 2 aromatic carbocycles. The molecule has 1 aliphatic carbocycles. The van der Waals surface area contributed by atoms with Gasteiger partial charge in [0.1, 0.15) is 17.4 Å². The number of para-hydroxylation sites is 2. The van der Waals surface area contributed by atoms with Gasteiger partial charge in [0.05, 0.1) is 23.5 Å². The van der Waals surface area contributed by atoms with Gasteiger partial charge >= 0.3 is 6.09 Å². The van der Waals surface area contributed by atoms with Crippen LogP contribution in [-0.4, -0.2) is 87.9 Å². The van der Waals surface area contributed by atoms with Crippen molar-refractivity contribution in [1.29, 1.82) is 0 Å². The third kappa shape index (κ3) is 10.00. The molecule has 262 valence electrons. The summed E-state index contributed by atoms with van der Waals surface area (Å²) in [5, 5.41) is 17.2. The SMILES string of the molecule is CC(C)(C)OC(=O)N1CSC[C@H]1C(=O)NC(CSCC1CCCCC1)C(NC(=O)c1ccccc1O)C1CCN(c2ccccc2)CC1. The van der Waals surface area contributed by atoms with Gasteiger partial charge in [-0.3, -0.25) is 14.5 Å². The fourth-order valence-electron chi connectivity index (χ4n) is 6.99. The van der Waals surface area contributed by atoms with Gasteiger partial charge in [-0.1, -0.05) is 49.6 Å². The van der Waals surface area contributed by atoms with Gasteiger partial charge in [-0.15, -0.1) is 11.8 Å². The van der Waals surface area contributed by atoms with Crippen LogP contribution < -0.4 is 15.5 Å². The molecule has 2 aromatic rings. The molecule has 3 atom stereocenters. The number of phenolic OH excluding ortho intramolecular Hbond substituents is 1. The average molecular weight is 697 g/mol. The van der Waals surface area contributed by atoms with E-state index in [0.717, 1.165) is 31.7 Å². The van der Waals surface area contributed by atoms with Crippen LogP contribution in [-0.2, 0) is 9.53 Å². The third-order valence-electron chi connectivity index (χ3n) is 9.57. The maximum atomic E-state index is 14.1. The lowest BCUT2D eigenvalue weighted by Gasteiger charge is -2.41. The van der Waals surface area contributed by atoms with E-state index in [1.165, 1.54) is 60.5 Å². The Morgan fingerprint density at radius 1 is 0.958 bits per heavy atom. The van der Waals surface area contributed by atoms with E-state index in [4.69, 9.17) is 4.74 Å². The van der Waals surface area contributed by atoms with Crippen molar-refractivity contribution in [1.82, 2.24) is 15.5 Å². The van der Waals surface area contributed by atoms with Gasteiger partial charge in [0.25, 0.3) is 5.91 Å². The van der Waals surface area contributed by atoms with Crippen LogP contribution in [0, 0.1) is 11.8 Å². The Labute approximate surface area is 294 Å². The predicted octanol–water partition coefficient (Wildman–Crippen LogP) is 6.52. The van der Waals surface area contributed by atoms with Crippen LogP contribution >= 0.6 is 23.5 Å². The molecule has 1 saturated carbocycles. The van der Waals surface area contributed by atoms with Crippen molar-refractivity contribution in [2.75, 3.05) is 41.1 Å². The molecule has 48 heavy (non-hydrogen) atoms. The van der Waals surface area contributed by atoms with E-state index in [1.54, 1.807) is 18.2 Å². The summed E-state index contributed by atoms with van der Waals surface area (Å²) in [6, 6.07) is 15.5. The Bertz CT molecular complexity index is 1360. The second-order valence-electron chi connectivity index (χ2n) is 14.3. The highest BCUT2D eigenvalue weighted by atomic mass is 32.2. The zero-order chi connectivity index (χ0) is 34.1. The normalized spacial score (nSPS) is 20.6. The fraction of sp³-hybridized carbons (Fsp3) is 0.595. The largest absolute Gasteiger partial charge is 0.507 e. The Balaban J connectivity index is 1.38. The molecular weight excluding hydrogens is 645 g/mol. The summed E-state index contributed by atoms with van der Waals surface area (Å²) < 4.78 is 5.65. The number of phenols is 1. The molecule has 5 rings (SSSR count). The number of ether oxygens (including phenoxy) is 1. The molecule has 3 N–H and O–H groups in total. The van der Waals surface area contributed by atoms with Crippen molar-refractivity contribution in [3.05, 3.63) is 60.2 Å². The molecule has 0 spiro atoms. The summed E-state index contributed by atoms with van der Waals surface area (Å²) >= 11 is 3.38. The van der Waals surface area contributed by atoms with Gasteiger partial charge in [-0.2, -0.15) is 11.8 Å². The molecule has 2 heterocycles. The molecule has 9 nitrogen and oxygen atoms in total. The van der Waals surface area contributed by atoms with Crippen molar-refractivity contribution >= 4 is 47.1 Å². The van der Waals surface area contributed by atoms with Crippen LogP contribution in [0.5, 0.6) is 5.75 Å². The number of amides is 3. The average Bonchev–Trinajstić information content (AvgIpc) is 3.58. The quantitative estimate of drug-likeness (QED) is 0.244. The fourth-order valence-corrected chi connectivity index (χ4v) is 9.48. The minimum atomic E-state index is -0.670. The van der Waals surface area contributed by atoms with Crippen LogP contribution in [0.3, 0.4) is 0 Å². The van der Waals surface area contributed by atoms with Crippen molar-refractivity contribution in [3.63, 3.8) is 0 Å². The standard InChI is InChI=1S/C37H52N4O5S2/c1-37(2,3)46-36(45)41-25-48-24-31(41)35(44)38-30(23-47-22-26-12-6-4-7-13-26)33(39-34(43)29-16-10-11-17-32(29)42)27-18-20-40(21-19-27)28-14-8-5-9-15-28/h5,8-11,14-17,26-27,30-31,33,42H,4,6-7,12-13,18-25H2,1-3H3,(H,38,44)(H,39,43)/t30?,31-,33?/m0/s1. The number of piperidine rings is 1. The zero-order valence-electron chi connectivity index (χ0n) is 28.6. The molecule has 2 unspecified atom stereocenters. The van der Waals surface area contributed by atoms with Gasteiger partial charge in [-0.05, 0) is 88.3 Å². The lowest BCUT2D eigenvalue weighted by atomic mass is 9.85. The van der Waals surface area contributed by atoms with E-state index in [1.807, 2.05) is 50.7 Å². The third-order valence-corrected chi connectivity index (χ3v) is 11.9. The minimum Gasteiger partial charge on any atom is -0.507 e. The Morgan fingerprint density at radius 3 is 2.33 bits per heavy atom. The number of carbonyl (C=O) groups excluding carboxylic acids is 3. The van der Waals surface area contributed by atoms with Crippen molar-refractivity contribution in [3.8, 4) is 5.75 Å². The Hall–Kier alpha value is -3.05. The summed E-state index contributed by atoms with van der Waals surface area (Å²) in [6.07, 6.45) is 7.49. The number of benzene rings is 2. The zero-order valence-corrected chi connectivity index (χ0v) is 30.2. The maximum Gasteiger partial charge on any atom is 0.411 e. The first kappa shape index (κ1) is 36.2. The summed E-state index contributed by atoms with van der Waals surface area (Å²) in [6.45, 7) is 7.13. The van der Waals surface area contributed by atoms with Crippen molar-refractivity contribution in [2.45, 2.75) is 89.4 Å². The van der Waals surface area contributed by atoms with E-state index in [9.17, 15) is 19.5 Å². The molecule has 3 amide bonds. The van der Waals surface area contributed by atoms with Crippen LogP contribution in [0.2, 0.25) is 0 Å². The van der Waals surface area contributed by atoms with Gasteiger partial charge in [0, 0.05) is 30.3 Å². The highest BCUT2D eigenvalue weighted by Crippen LogP contribution is 2.31. The number of carbonyl (C=O) groups is 3. The molecule has 0 aromatic heterocycles. The summed E-state index contributed by atoms with van der Waals surface area (Å²) in [5.41, 5.74) is 0.725. The maximum absolute atomic E-state index is 14.1. The number of anilines is 1. The molecule has 3 fully saturated rings. The first-order chi connectivity index (χ1) is 23.1. The molecule has 11 heteroatoms. The number of thioether (sulfide) groups is 2. The van der Waals surface area contributed by atoms with E-state index < -0.39 is 17.7 Å².